The fourth-order valence-corrected chi connectivity index (χ4v) is 3.12. The van der Waals surface area contributed by atoms with Gasteiger partial charge in [-0.2, -0.15) is 0 Å². The Morgan fingerprint density at radius 2 is 2.05 bits per heavy atom. The molecular weight excluding hydrogens is 298 g/mol. The van der Waals surface area contributed by atoms with Gasteiger partial charge in [0.1, 0.15) is 0 Å². The number of imidazole rings is 1. The minimum atomic E-state index is -3.81. The van der Waals surface area contributed by atoms with Gasteiger partial charge in [-0.3, -0.25) is 4.79 Å². The molecule has 0 bridgehead atoms. The molecule has 0 saturated heterocycles. The zero-order chi connectivity index (χ0) is 14.6. The van der Waals surface area contributed by atoms with Crippen molar-refractivity contribution < 1.29 is 13.2 Å². The highest BCUT2D eigenvalue weighted by atomic mass is 32.2. The summed E-state index contributed by atoms with van der Waals surface area (Å²) in [5.41, 5.74) is 0.948. The molecule has 0 unspecified atom stereocenters. The van der Waals surface area contributed by atoms with Gasteiger partial charge in [-0.1, -0.05) is 29.5 Å². The number of amides is 1. The monoisotopic (exact) mass is 311 g/mol. The molecule has 0 aliphatic rings. The summed E-state index contributed by atoms with van der Waals surface area (Å²) in [5.74, 6) is -0.620. The predicted octanol–water partition coefficient (Wildman–Crippen LogP) is 1.32. The van der Waals surface area contributed by atoms with E-state index in [4.69, 9.17) is 0 Å². The fraction of sp³-hybridized carbons (Fsp3) is 0.167. The van der Waals surface area contributed by atoms with Crippen molar-refractivity contribution >= 4 is 27.7 Å². The first-order valence-electron chi connectivity index (χ1n) is 5.72. The first kappa shape index (κ1) is 14.6. The molecule has 6 nitrogen and oxygen atoms in total. The number of rotatable bonds is 5. The number of thioether (sulfide) groups is 1. The largest absolute Gasteiger partial charge is 0.340 e. The number of benzene rings is 1. The summed E-state index contributed by atoms with van der Waals surface area (Å²) < 4.78 is 25.9. The van der Waals surface area contributed by atoms with E-state index in [1.54, 1.807) is 24.5 Å². The molecule has 1 aromatic carbocycles. The number of hydrogen-bond acceptors (Lipinski definition) is 5. The van der Waals surface area contributed by atoms with E-state index < -0.39 is 15.9 Å². The second kappa shape index (κ2) is 6.10. The molecule has 0 saturated carbocycles. The number of aromatic nitrogens is 2. The molecular formula is C12H13N3O3S2. The van der Waals surface area contributed by atoms with Crippen LogP contribution >= 0.6 is 11.8 Å². The van der Waals surface area contributed by atoms with Crippen molar-refractivity contribution in [2.24, 2.45) is 0 Å². The third kappa shape index (κ3) is 3.84. The van der Waals surface area contributed by atoms with Gasteiger partial charge < -0.3 is 4.98 Å². The molecule has 2 N–H and O–H groups in total. The van der Waals surface area contributed by atoms with Crippen LogP contribution in [0, 0.1) is 6.92 Å². The van der Waals surface area contributed by atoms with E-state index in [-0.39, 0.29) is 10.6 Å². The van der Waals surface area contributed by atoms with Crippen molar-refractivity contribution in [1.29, 1.82) is 0 Å². The topological polar surface area (TPSA) is 91.9 Å². The lowest BCUT2D eigenvalue weighted by Gasteiger charge is -2.06. The highest BCUT2D eigenvalue weighted by Gasteiger charge is 2.17. The zero-order valence-corrected chi connectivity index (χ0v) is 12.3. The molecule has 0 fully saturated rings. The molecule has 1 aromatic heterocycles. The van der Waals surface area contributed by atoms with E-state index in [2.05, 4.69) is 9.97 Å². The number of sulfonamides is 1. The van der Waals surface area contributed by atoms with E-state index in [1.165, 1.54) is 12.1 Å². The summed E-state index contributed by atoms with van der Waals surface area (Å²) in [6, 6.07) is 6.28. The Labute approximate surface area is 121 Å². The highest BCUT2D eigenvalue weighted by molar-refractivity contribution is 8.00. The molecule has 0 aliphatic heterocycles. The van der Waals surface area contributed by atoms with Crippen LogP contribution < -0.4 is 4.72 Å². The molecule has 0 radical (unpaired) electrons. The number of carbonyl (C=O) groups excluding carboxylic acids is 1. The van der Waals surface area contributed by atoms with Gasteiger partial charge >= 0.3 is 0 Å². The number of nitrogens with zero attached hydrogens (tertiary/aromatic N) is 1. The van der Waals surface area contributed by atoms with Crippen molar-refractivity contribution in [3.8, 4) is 0 Å². The van der Waals surface area contributed by atoms with Crippen molar-refractivity contribution in [3.05, 3.63) is 42.2 Å². The maximum atomic E-state index is 12.0. The maximum absolute atomic E-state index is 12.0. The second-order valence-corrected chi connectivity index (χ2v) is 6.67. The van der Waals surface area contributed by atoms with Crippen LogP contribution in [-0.2, 0) is 14.8 Å². The molecule has 2 rings (SSSR count). The number of nitrogens with one attached hydrogen (secondary N) is 2. The first-order chi connectivity index (χ1) is 9.47. The van der Waals surface area contributed by atoms with Crippen molar-refractivity contribution in [3.63, 3.8) is 0 Å². The van der Waals surface area contributed by atoms with Gasteiger partial charge in [0.25, 0.3) is 10.0 Å². The van der Waals surface area contributed by atoms with Crippen LogP contribution in [0.2, 0.25) is 0 Å². The molecule has 8 heteroatoms. The van der Waals surface area contributed by atoms with Gasteiger partial charge in [-0.15, -0.1) is 0 Å². The van der Waals surface area contributed by atoms with Crippen LogP contribution in [-0.4, -0.2) is 30.0 Å². The minimum Gasteiger partial charge on any atom is -0.340 e. The van der Waals surface area contributed by atoms with Crippen LogP contribution in [0.4, 0.5) is 0 Å². The number of hydrogen-bond donors (Lipinski definition) is 2. The average molecular weight is 311 g/mol. The zero-order valence-electron chi connectivity index (χ0n) is 10.7. The molecule has 0 aliphatic carbocycles. The standard InChI is InChI=1S/C12H13N3O3S2/c1-9-2-4-10(5-3-9)20(17,18)15-11(16)8-19-12-13-6-7-14-12/h2-7H,8H2,1H3,(H,13,14)(H,15,16). The van der Waals surface area contributed by atoms with Gasteiger partial charge in [0.2, 0.25) is 5.91 Å². The van der Waals surface area contributed by atoms with Crippen molar-refractivity contribution in [1.82, 2.24) is 14.7 Å². The van der Waals surface area contributed by atoms with Gasteiger partial charge in [0.05, 0.1) is 10.6 Å². The highest BCUT2D eigenvalue weighted by Crippen LogP contribution is 2.13. The van der Waals surface area contributed by atoms with Crippen molar-refractivity contribution in [2.75, 3.05) is 5.75 Å². The summed E-state index contributed by atoms with van der Waals surface area (Å²) in [6.07, 6.45) is 3.19. The van der Waals surface area contributed by atoms with Crippen LogP contribution in [0.15, 0.2) is 46.7 Å². The smallest absolute Gasteiger partial charge is 0.264 e. The lowest BCUT2D eigenvalue weighted by Crippen LogP contribution is -2.31. The van der Waals surface area contributed by atoms with E-state index in [1.807, 2.05) is 11.6 Å². The SMILES string of the molecule is Cc1ccc(S(=O)(=O)NC(=O)CSc2ncc[nH]2)cc1. The lowest BCUT2D eigenvalue weighted by molar-refractivity contribution is -0.116. The molecule has 2 aromatic rings. The van der Waals surface area contributed by atoms with E-state index >= 15 is 0 Å². The predicted molar refractivity (Wildman–Crippen MR) is 75.8 cm³/mol. The fourth-order valence-electron chi connectivity index (χ4n) is 1.42. The average Bonchev–Trinajstić information content (AvgIpc) is 2.89. The Bertz CT molecular complexity index is 679. The van der Waals surface area contributed by atoms with Gasteiger partial charge in [0.15, 0.2) is 5.16 Å². The van der Waals surface area contributed by atoms with Gasteiger partial charge in [0, 0.05) is 12.4 Å². The van der Waals surface area contributed by atoms with Crippen LogP contribution in [0.5, 0.6) is 0 Å². The third-order valence-electron chi connectivity index (χ3n) is 2.39. The summed E-state index contributed by atoms with van der Waals surface area (Å²) in [5, 5.41) is 0.563. The summed E-state index contributed by atoms with van der Waals surface area (Å²) in [4.78, 5) is 18.5. The number of H-pyrrole nitrogens is 1. The molecule has 1 heterocycles. The minimum absolute atomic E-state index is 0.0292. The molecule has 20 heavy (non-hydrogen) atoms. The first-order valence-corrected chi connectivity index (χ1v) is 8.19. The maximum Gasteiger partial charge on any atom is 0.264 e. The number of aromatic amines is 1. The lowest BCUT2D eigenvalue weighted by atomic mass is 10.2. The quantitative estimate of drug-likeness (QED) is 0.812. The van der Waals surface area contributed by atoms with E-state index in [9.17, 15) is 13.2 Å². The second-order valence-electron chi connectivity index (χ2n) is 4.02. The molecule has 0 spiro atoms. The Hall–Kier alpha value is -1.80. The third-order valence-corrected chi connectivity index (χ3v) is 4.68. The summed E-state index contributed by atoms with van der Waals surface area (Å²) >= 11 is 1.13. The summed E-state index contributed by atoms with van der Waals surface area (Å²) in [6.45, 7) is 1.86. The molecule has 106 valence electrons. The van der Waals surface area contributed by atoms with Gasteiger partial charge in [-0.25, -0.2) is 18.1 Å². The normalized spacial score (nSPS) is 11.2. The van der Waals surface area contributed by atoms with Crippen LogP contribution in [0.25, 0.3) is 0 Å². The number of aryl methyl sites for hydroxylation is 1. The Morgan fingerprint density at radius 3 is 2.65 bits per heavy atom. The molecule has 1 amide bonds. The Kier molecular flexibility index (Phi) is 4.46. The van der Waals surface area contributed by atoms with E-state index in [0.29, 0.717) is 5.16 Å². The number of carbonyl (C=O) groups is 1. The molecule has 0 atom stereocenters. The Balaban J connectivity index is 1.97. The van der Waals surface area contributed by atoms with Crippen LogP contribution in [0.1, 0.15) is 5.56 Å². The summed E-state index contributed by atoms with van der Waals surface area (Å²) in [7, 11) is -3.81. The van der Waals surface area contributed by atoms with Crippen LogP contribution in [0.3, 0.4) is 0 Å². The van der Waals surface area contributed by atoms with E-state index in [0.717, 1.165) is 17.3 Å². The Morgan fingerprint density at radius 1 is 1.35 bits per heavy atom. The van der Waals surface area contributed by atoms with Crippen molar-refractivity contribution in [2.45, 2.75) is 17.0 Å². The van der Waals surface area contributed by atoms with Gasteiger partial charge in [-0.05, 0) is 19.1 Å².